The fourth-order valence-electron chi connectivity index (χ4n) is 1.29. The molecule has 0 amide bonds. The summed E-state index contributed by atoms with van der Waals surface area (Å²) < 4.78 is 0. The van der Waals surface area contributed by atoms with Crippen molar-refractivity contribution in [1.82, 2.24) is 4.90 Å². The van der Waals surface area contributed by atoms with Crippen molar-refractivity contribution in [2.45, 2.75) is 48.0 Å². The van der Waals surface area contributed by atoms with Gasteiger partial charge >= 0.3 is 0 Å². The summed E-state index contributed by atoms with van der Waals surface area (Å²) >= 11 is 0. The molecule has 0 unspecified atom stereocenters. The average Bonchev–Trinajstić information content (AvgIpc) is 2.31. The second-order valence-electron chi connectivity index (χ2n) is 3.68. The van der Waals surface area contributed by atoms with E-state index in [1.807, 2.05) is 27.7 Å². The van der Waals surface area contributed by atoms with E-state index in [2.05, 4.69) is 28.7 Å². The van der Waals surface area contributed by atoms with E-state index >= 15 is 0 Å². The maximum atomic E-state index is 5.61. The normalized spacial score (nSPS) is 10.9. The Morgan fingerprint density at radius 3 is 2.06 bits per heavy atom. The van der Waals surface area contributed by atoms with Gasteiger partial charge in [0.2, 0.25) is 5.96 Å². The van der Waals surface area contributed by atoms with E-state index in [0.717, 1.165) is 38.3 Å². The summed E-state index contributed by atoms with van der Waals surface area (Å²) in [6, 6.07) is 0. The first-order chi connectivity index (χ1) is 8.10. The van der Waals surface area contributed by atoms with E-state index in [1.54, 1.807) is 0 Å². The van der Waals surface area contributed by atoms with E-state index in [4.69, 9.17) is 5.73 Å². The minimum absolute atomic E-state index is 0.398. The summed E-state index contributed by atoms with van der Waals surface area (Å²) in [5.74, 6) is 0.398. The topological polar surface area (TPSA) is 54.0 Å². The molecular formula is C13H30N4. The van der Waals surface area contributed by atoms with Gasteiger partial charge in [0.25, 0.3) is 0 Å². The van der Waals surface area contributed by atoms with Gasteiger partial charge in [0.15, 0.2) is 0 Å². The van der Waals surface area contributed by atoms with Crippen LogP contribution in [0.3, 0.4) is 0 Å². The molecule has 0 heterocycles. The van der Waals surface area contributed by atoms with Crippen molar-refractivity contribution >= 4 is 11.7 Å². The van der Waals surface area contributed by atoms with Crippen molar-refractivity contribution < 1.29 is 0 Å². The van der Waals surface area contributed by atoms with Crippen molar-refractivity contribution in [1.29, 1.82) is 0 Å². The molecule has 0 aromatic heterocycles. The Bertz CT molecular complexity index is 213. The zero-order valence-electron chi connectivity index (χ0n) is 12.5. The van der Waals surface area contributed by atoms with E-state index in [1.165, 1.54) is 0 Å². The maximum absolute atomic E-state index is 5.61. The lowest BCUT2D eigenvalue weighted by Gasteiger charge is -2.16. The minimum Gasteiger partial charge on any atom is -0.368 e. The fourth-order valence-corrected chi connectivity index (χ4v) is 1.29. The number of nitrogens with zero attached hydrogens (tertiary/aromatic N) is 3. The second kappa shape index (κ2) is 13.2. The quantitative estimate of drug-likeness (QED) is 0.442. The van der Waals surface area contributed by atoms with Gasteiger partial charge in [-0.2, -0.15) is 0 Å². The van der Waals surface area contributed by atoms with Crippen molar-refractivity contribution in [3.05, 3.63) is 0 Å². The summed E-state index contributed by atoms with van der Waals surface area (Å²) in [7, 11) is 0. The highest BCUT2D eigenvalue weighted by Gasteiger charge is 1.97. The lowest BCUT2D eigenvalue weighted by atomic mass is 10.4. The monoisotopic (exact) mass is 242 g/mol. The maximum Gasteiger partial charge on any atom is 0.215 e. The summed E-state index contributed by atoms with van der Waals surface area (Å²) in [4.78, 5) is 10.6. The third-order valence-electron chi connectivity index (χ3n) is 2.14. The Morgan fingerprint density at radius 1 is 1.12 bits per heavy atom. The van der Waals surface area contributed by atoms with Crippen molar-refractivity contribution in [2.75, 3.05) is 26.2 Å². The van der Waals surface area contributed by atoms with Gasteiger partial charge in [0, 0.05) is 12.3 Å². The molecular weight excluding hydrogens is 212 g/mol. The van der Waals surface area contributed by atoms with Crippen LogP contribution in [-0.2, 0) is 0 Å². The molecule has 0 aromatic rings. The van der Waals surface area contributed by atoms with Crippen LogP contribution < -0.4 is 5.73 Å². The third kappa shape index (κ3) is 13.0. The molecule has 0 atom stereocenters. The SMILES string of the molecule is CC.CCN(CC)CCCN=C(N)N=C(C)C. The minimum atomic E-state index is 0.398. The van der Waals surface area contributed by atoms with Gasteiger partial charge in [-0.3, -0.25) is 4.99 Å². The number of nitrogens with two attached hydrogens (primary N) is 1. The molecule has 0 radical (unpaired) electrons. The van der Waals surface area contributed by atoms with Crippen LogP contribution in [0.4, 0.5) is 0 Å². The van der Waals surface area contributed by atoms with E-state index in [9.17, 15) is 0 Å². The number of hydrogen-bond acceptors (Lipinski definition) is 2. The Balaban J connectivity index is 0. The van der Waals surface area contributed by atoms with Gasteiger partial charge in [-0.05, 0) is 39.9 Å². The molecule has 0 aliphatic rings. The number of rotatable bonds is 6. The molecule has 0 saturated heterocycles. The molecule has 4 nitrogen and oxygen atoms in total. The van der Waals surface area contributed by atoms with Gasteiger partial charge in [-0.15, -0.1) is 0 Å². The van der Waals surface area contributed by atoms with Gasteiger partial charge in [-0.1, -0.05) is 27.7 Å². The van der Waals surface area contributed by atoms with Crippen LogP contribution in [0, 0.1) is 0 Å². The molecule has 0 saturated carbocycles. The molecule has 0 aliphatic carbocycles. The first kappa shape index (κ1) is 18.5. The summed E-state index contributed by atoms with van der Waals surface area (Å²) in [6.45, 7) is 16.2. The molecule has 0 spiro atoms. The fraction of sp³-hybridized carbons (Fsp3) is 0.846. The highest BCUT2D eigenvalue weighted by atomic mass is 15.1. The first-order valence-electron chi connectivity index (χ1n) is 6.64. The first-order valence-corrected chi connectivity index (χ1v) is 6.64. The lowest BCUT2D eigenvalue weighted by molar-refractivity contribution is 0.302. The molecule has 102 valence electrons. The lowest BCUT2D eigenvalue weighted by Crippen LogP contribution is -2.24. The van der Waals surface area contributed by atoms with Crippen molar-refractivity contribution in [3.63, 3.8) is 0 Å². The predicted molar refractivity (Wildman–Crippen MR) is 79.0 cm³/mol. The molecule has 17 heavy (non-hydrogen) atoms. The van der Waals surface area contributed by atoms with Crippen LogP contribution in [-0.4, -0.2) is 42.8 Å². The highest BCUT2D eigenvalue weighted by molar-refractivity contribution is 5.93. The van der Waals surface area contributed by atoms with Crippen LogP contribution in [0.2, 0.25) is 0 Å². The molecule has 0 bridgehead atoms. The van der Waals surface area contributed by atoms with Crippen molar-refractivity contribution in [2.24, 2.45) is 15.7 Å². The highest BCUT2D eigenvalue weighted by Crippen LogP contribution is 1.91. The Hall–Kier alpha value is -0.900. The van der Waals surface area contributed by atoms with E-state index in [-0.39, 0.29) is 0 Å². The van der Waals surface area contributed by atoms with Crippen LogP contribution in [0.5, 0.6) is 0 Å². The van der Waals surface area contributed by atoms with Crippen LogP contribution in [0.1, 0.15) is 48.0 Å². The van der Waals surface area contributed by atoms with Gasteiger partial charge < -0.3 is 10.6 Å². The zero-order chi connectivity index (χ0) is 13.7. The smallest absolute Gasteiger partial charge is 0.215 e. The summed E-state index contributed by atoms with van der Waals surface area (Å²) in [5.41, 5.74) is 6.55. The average molecular weight is 242 g/mol. The number of aliphatic imine (C=N–C) groups is 2. The molecule has 4 heteroatoms. The van der Waals surface area contributed by atoms with E-state index < -0.39 is 0 Å². The Morgan fingerprint density at radius 2 is 1.65 bits per heavy atom. The van der Waals surface area contributed by atoms with E-state index in [0.29, 0.717) is 5.96 Å². The number of guanidine groups is 1. The largest absolute Gasteiger partial charge is 0.368 e. The Labute approximate surface area is 107 Å². The van der Waals surface area contributed by atoms with Crippen LogP contribution in [0.25, 0.3) is 0 Å². The standard InChI is InChI=1S/C11H24N4.C2H6/c1-5-15(6-2)9-7-8-13-11(12)14-10(3)4;1-2/h5-9H2,1-4H3,(H2,12,13);1-2H3. The Kier molecular flexibility index (Phi) is 14.3. The van der Waals surface area contributed by atoms with Gasteiger partial charge in [0.05, 0.1) is 0 Å². The van der Waals surface area contributed by atoms with Crippen molar-refractivity contribution in [3.8, 4) is 0 Å². The second-order valence-corrected chi connectivity index (χ2v) is 3.68. The number of hydrogen-bond donors (Lipinski definition) is 1. The molecule has 0 aromatic carbocycles. The third-order valence-corrected chi connectivity index (χ3v) is 2.14. The van der Waals surface area contributed by atoms with Crippen LogP contribution >= 0.6 is 0 Å². The molecule has 0 aliphatic heterocycles. The molecule has 0 fully saturated rings. The molecule has 0 rings (SSSR count). The van der Waals surface area contributed by atoms with Gasteiger partial charge in [0.1, 0.15) is 0 Å². The summed E-state index contributed by atoms with van der Waals surface area (Å²) in [6.07, 6.45) is 1.04. The van der Waals surface area contributed by atoms with Gasteiger partial charge in [-0.25, -0.2) is 4.99 Å². The molecule has 2 N–H and O–H groups in total. The predicted octanol–water partition coefficient (Wildman–Crippen LogP) is 2.54. The van der Waals surface area contributed by atoms with Crippen LogP contribution in [0.15, 0.2) is 9.98 Å². The summed E-state index contributed by atoms with van der Waals surface area (Å²) in [5, 5.41) is 0. The zero-order valence-corrected chi connectivity index (χ0v) is 12.5.